The predicted octanol–water partition coefficient (Wildman–Crippen LogP) is 2.76. The zero-order chi connectivity index (χ0) is 13.5. The van der Waals surface area contributed by atoms with Crippen LogP contribution in [0, 0.1) is 23.6 Å². The van der Waals surface area contributed by atoms with Crippen LogP contribution < -0.4 is 5.32 Å². The number of nitrogens with one attached hydrogen (secondary N) is 1. The van der Waals surface area contributed by atoms with Crippen LogP contribution in [-0.2, 0) is 31.2 Å². The van der Waals surface area contributed by atoms with E-state index in [1.165, 1.54) is 0 Å². The van der Waals surface area contributed by atoms with Crippen molar-refractivity contribution in [2.24, 2.45) is 5.92 Å². The van der Waals surface area contributed by atoms with Crippen LogP contribution in [0.3, 0.4) is 0 Å². The molecule has 0 aliphatic rings. The molecule has 19 heavy (non-hydrogen) atoms. The minimum absolute atomic E-state index is 0. The van der Waals surface area contributed by atoms with E-state index in [0.29, 0.717) is 12.5 Å². The van der Waals surface area contributed by atoms with Crippen molar-refractivity contribution in [3.8, 4) is 0 Å². The second-order valence-corrected chi connectivity index (χ2v) is 4.30. The van der Waals surface area contributed by atoms with Gasteiger partial charge in [0.25, 0.3) is 0 Å². The molecule has 0 radical (unpaired) electrons. The summed E-state index contributed by atoms with van der Waals surface area (Å²) in [5, 5.41) is 2.33. The Morgan fingerprint density at radius 3 is 2.68 bits per heavy atom. The standard InChI is InChI=1S/C13H16F2NO2.Ti/c1-9(2)8-18-6-5-13(17)16-12-4-3-10(14)7-11(12)15;/h3-4,9H,5-6,8H2,1-2H3,(H,16,17);/q-1;. The van der Waals surface area contributed by atoms with Gasteiger partial charge < -0.3 is 10.1 Å². The summed E-state index contributed by atoms with van der Waals surface area (Å²) >= 11 is 0. The van der Waals surface area contributed by atoms with Gasteiger partial charge in [-0.2, -0.15) is 0 Å². The Labute approximate surface area is 126 Å². The van der Waals surface area contributed by atoms with Gasteiger partial charge in [-0.3, -0.25) is 4.79 Å². The largest absolute Gasteiger partial charge is 0.381 e. The number of benzene rings is 1. The minimum Gasteiger partial charge on any atom is -0.381 e. The van der Waals surface area contributed by atoms with Crippen molar-refractivity contribution >= 4 is 11.6 Å². The molecule has 1 aromatic carbocycles. The van der Waals surface area contributed by atoms with Gasteiger partial charge in [0.05, 0.1) is 6.61 Å². The van der Waals surface area contributed by atoms with Gasteiger partial charge >= 0.3 is 0 Å². The molecule has 0 unspecified atom stereocenters. The first kappa shape index (κ1) is 18.2. The molecule has 0 aromatic heterocycles. The Morgan fingerprint density at radius 2 is 2.11 bits per heavy atom. The zero-order valence-corrected chi connectivity index (χ0v) is 12.5. The van der Waals surface area contributed by atoms with Gasteiger partial charge in [-0.25, -0.2) is 8.78 Å². The van der Waals surface area contributed by atoms with Gasteiger partial charge in [-0.1, -0.05) is 13.8 Å². The SMILES string of the molecule is CC(C)COCCC(=O)Nc1ccc(F)[c-]c1F.[Ti]. The zero-order valence-electron chi connectivity index (χ0n) is 10.9. The van der Waals surface area contributed by atoms with Crippen molar-refractivity contribution in [3.05, 3.63) is 29.8 Å². The summed E-state index contributed by atoms with van der Waals surface area (Å²) in [6, 6.07) is 4.04. The number of carbonyl (C=O) groups excluding carboxylic acids is 1. The van der Waals surface area contributed by atoms with E-state index in [2.05, 4.69) is 5.32 Å². The topological polar surface area (TPSA) is 38.3 Å². The number of halogens is 2. The van der Waals surface area contributed by atoms with Gasteiger partial charge in [0, 0.05) is 46.4 Å². The number of hydrogen-bond donors (Lipinski definition) is 1. The molecule has 104 valence electrons. The molecule has 6 heteroatoms. The molecule has 1 aromatic rings. The van der Waals surface area contributed by atoms with Crippen molar-refractivity contribution in [3.63, 3.8) is 0 Å². The monoisotopic (exact) mass is 304 g/mol. The molecule has 0 saturated carbocycles. The molecular weight excluding hydrogens is 288 g/mol. The van der Waals surface area contributed by atoms with Gasteiger partial charge in [-0.05, 0) is 11.6 Å². The Balaban J connectivity index is 0.00000324. The van der Waals surface area contributed by atoms with Crippen LogP contribution in [0.2, 0.25) is 0 Å². The van der Waals surface area contributed by atoms with E-state index >= 15 is 0 Å². The second kappa shape index (κ2) is 9.18. The van der Waals surface area contributed by atoms with E-state index in [1.807, 2.05) is 19.9 Å². The fourth-order valence-electron chi connectivity index (χ4n) is 1.24. The molecule has 0 fully saturated rings. The van der Waals surface area contributed by atoms with Crippen LogP contribution in [0.25, 0.3) is 0 Å². The minimum atomic E-state index is -0.911. The number of carbonyl (C=O) groups is 1. The van der Waals surface area contributed by atoms with E-state index in [-0.39, 0.29) is 46.3 Å². The first-order chi connectivity index (χ1) is 8.49. The van der Waals surface area contributed by atoms with Crippen molar-refractivity contribution in [2.45, 2.75) is 20.3 Å². The maximum absolute atomic E-state index is 13.2. The molecule has 0 bridgehead atoms. The van der Waals surface area contributed by atoms with Crippen LogP contribution in [-0.4, -0.2) is 19.1 Å². The van der Waals surface area contributed by atoms with Gasteiger partial charge in [-0.15, -0.1) is 18.2 Å². The normalized spacial score (nSPS) is 10.2. The third-order valence-corrected chi connectivity index (χ3v) is 2.06. The van der Waals surface area contributed by atoms with E-state index < -0.39 is 11.6 Å². The predicted molar refractivity (Wildman–Crippen MR) is 64.1 cm³/mol. The Morgan fingerprint density at radius 1 is 1.42 bits per heavy atom. The molecule has 0 spiro atoms. The first-order valence-corrected chi connectivity index (χ1v) is 5.74. The number of anilines is 1. The molecule has 0 saturated heterocycles. The number of hydrogen-bond acceptors (Lipinski definition) is 2. The van der Waals surface area contributed by atoms with Crippen molar-refractivity contribution in [1.82, 2.24) is 0 Å². The van der Waals surface area contributed by atoms with Gasteiger partial charge in [0.2, 0.25) is 5.91 Å². The molecule has 0 heterocycles. The summed E-state index contributed by atoms with van der Waals surface area (Å²) in [5.41, 5.74) is -0.0785. The molecule has 0 aliphatic carbocycles. The smallest absolute Gasteiger partial charge is 0.215 e. The van der Waals surface area contributed by atoms with Crippen molar-refractivity contribution in [1.29, 1.82) is 0 Å². The average molecular weight is 304 g/mol. The summed E-state index contributed by atoms with van der Waals surface area (Å²) < 4.78 is 31.0. The summed E-state index contributed by atoms with van der Waals surface area (Å²) in [7, 11) is 0. The summed E-state index contributed by atoms with van der Waals surface area (Å²) in [6.45, 7) is 4.86. The van der Waals surface area contributed by atoms with Crippen molar-refractivity contribution < 1.29 is 40.0 Å². The summed E-state index contributed by atoms with van der Waals surface area (Å²) in [5.74, 6) is -1.69. The third kappa shape index (κ3) is 7.40. The van der Waals surface area contributed by atoms with Crippen LogP contribution in [0.5, 0.6) is 0 Å². The third-order valence-electron chi connectivity index (χ3n) is 2.06. The van der Waals surface area contributed by atoms with Crippen LogP contribution in [0.15, 0.2) is 12.1 Å². The van der Waals surface area contributed by atoms with E-state index in [9.17, 15) is 13.6 Å². The number of amides is 1. The Hall–Kier alpha value is -0.776. The molecule has 1 N–H and O–H groups in total. The van der Waals surface area contributed by atoms with Crippen LogP contribution in [0.4, 0.5) is 14.5 Å². The first-order valence-electron chi connectivity index (χ1n) is 5.74. The van der Waals surface area contributed by atoms with Gasteiger partial charge in [0.15, 0.2) is 0 Å². The Kier molecular flexibility index (Phi) is 8.80. The fourth-order valence-corrected chi connectivity index (χ4v) is 1.24. The van der Waals surface area contributed by atoms with Gasteiger partial charge in [0.1, 0.15) is 0 Å². The molecule has 1 rings (SSSR count). The van der Waals surface area contributed by atoms with Crippen LogP contribution >= 0.6 is 0 Å². The van der Waals surface area contributed by atoms with Crippen LogP contribution in [0.1, 0.15) is 20.3 Å². The molecule has 1 amide bonds. The maximum atomic E-state index is 13.2. The fraction of sp³-hybridized carbons (Fsp3) is 0.462. The number of rotatable bonds is 6. The van der Waals surface area contributed by atoms with Crippen molar-refractivity contribution in [2.75, 3.05) is 18.5 Å². The summed E-state index contributed by atoms with van der Waals surface area (Å²) in [4.78, 5) is 11.4. The average Bonchev–Trinajstić information content (AvgIpc) is 2.28. The van der Waals surface area contributed by atoms with E-state index in [0.717, 1.165) is 12.1 Å². The second-order valence-electron chi connectivity index (χ2n) is 4.30. The van der Waals surface area contributed by atoms with E-state index in [4.69, 9.17) is 4.74 Å². The molecule has 3 nitrogen and oxygen atoms in total. The quantitative estimate of drug-likeness (QED) is 0.498. The molecular formula is C13H16F2NO2Ti-. The molecule has 0 aliphatic heterocycles. The maximum Gasteiger partial charge on any atom is 0.215 e. The molecule has 0 atom stereocenters. The van der Waals surface area contributed by atoms with E-state index in [1.54, 1.807) is 0 Å². The summed E-state index contributed by atoms with van der Waals surface area (Å²) in [6.07, 6.45) is 0.129. The Bertz CT molecular complexity index is 414. The number of ether oxygens (including phenoxy) is 1.